The Balaban J connectivity index is 1.80. The number of halogens is 5. The molecule has 0 bridgehead atoms. The standard InChI is InChI=1S/C22H29F5N4O6/c1-19(2,3)30-17(35)18(36)31-10-20(9-21(20,23)24)7-13(31)16(34)29-12(6-11-4-5-28-15(11)33)14(32)8-37-22(25,26)27/h11-13H,4-10H2,1-3H3,(H,28,33)(H,29,34)(H,30,35)/t11-,12-,13?,20+/m0/s1. The van der Waals surface area contributed by atoms with Gasteiger partial charge < -0.3 is 20.9 Å². The van der Waals surface area contributed by atoms with E-state index in [0.29, 0.717) is 4.90 Å². The van der Waals surface area contributed by atoms with Crippen molar-refractivity contribution in [2.24, 2.45) is 11.3 Å². The highest BCUT2D eigenvalue weighted by atomic mass is 19.4. The summed E-state index contributed by atoms with van der Waals surface area (Å²) in [5.41, 5.74) is -2.57. The van der Waals surface area contributed by atoms with Crippen molar-refractivity contribution in [2.75, 3.05) is 19.7 Å². The average molecular weight is 540 g/mol. The van der Waals surface area contributed by atoms with E-state index in [2.05, 4.69) is 20.7 Å². The van der Waals surface area contributed by atoms with Gasteiger partial charge in [0, 0.05) is 31.0 Å². The van der Waals surface area contributed by atoms with Crippen LogP contribution in [0.3, 0.4) is 0 Å². The van der Waals surface area contributed by atoms with E-state index >= 15 is 0 Å². The molecule has 4 atom stereocenters. The fraction of sp³-hybridized carbons (Fsp3) is 0.773. The molecule has 1 saturated carbocycles. The number of amides is 4. The Hall–Kier alpha value is -2.84. The van der Waals surface area contributed by atoms with Gasteiger partial charge >= 0.3 is 18.2 Å². The fourth-order valence-electron chi connectivity index (χ4n) is 4.67. The topological polar surface area (TPSA) is 134 Å². The minimum Gasteiger partial charge on any atom is -0.356 e. The Morgan fingerprint density at radius 1 is 1.19 bits per heavy atom. The lowest BCUT2D eigenvalue weighted by molar-refractivity contribution is -0.321. The zero-order chi connectivity index (χ0) is 28.0. The number of alkyl halides is 5. The quantitative estimate of drug-likeness (QED) is 0.321. The van der Waals surface area contributed by atoms with Gasteiger partial charge in [-0.1, -0.05) is 0 Å². The zero-order valence-corrected chi connectivity index (χ0v) is 20.5. The highest BCUT2D eigenvalue weighted by Gasteiger charge is 2.75. The normalized spacial score (nSPS) is 27.6. The predicted octanol–water partition coefficient (Wildman–Crippen LogP) is 0.644. The maximum atomic E-state index is 14.2. The molecular weight excluding hydrogens is 511 g/mol. The van der Waals surface area contributed by atoms with Gasteiger partial charge in [-0.3, -0.25) is 28.7 Å². The van der Waals surface area contributed by atoms with E-state index in [1.54, 1.807) is 20.8 Å². The third-order valence-electron chi connectivity index (χ3n) is 6.66. The van der Waals surface area contributed by atoms with Crippen LogP contribution < -0.4 is 16.0 Å². The van der Waals surface area contributed by atoms with Gasteiger partial charge in [-0.05, 0) is 40.0 Å². The molecule has 37 heavy (non-hydrogen) atoms. The van der Waals surface area contributed by atoms with E-state index in [0.717, 1.165) is 0 Å². The molecule has 2 aliphatic heterocycles. The number of ether oxygens (including phenoxy) is 1. The van der Waals surface area contributed by atoms with Crippen LogP contribution in [-0.4, -0.2) is 83.9 Å². The summed E-state index contributed by atoms with van der Waals surface area (Å²) in [7, 11) is 0. The summed E-state index contributed by atoms with van der Waals surface area (Å²) in [5, 5.41) is 7.12. The number of rotatable bonds is 7. The van der Waals surface area contributed by atoms with Gasteiger partial charge in [-0.25, -0.2) is 8.78 Å². The summed E-state index contributed by atoms with van der Waals surface area (Å²) in [6.45, 7) is 2.98. The van der Waals surface area contributed by atoms with Crippen LogP contribution in [0.15, 0.2) is 0 Å². The molecule has 3 rings (SSSR count). The Morgan fingerprint density at radius 3 is 2.30 bits per heavy atom. The molecule has 2 saturated heterocycles. The highest BCUT2D eigenvalue weighted by Crippen LogP contribution is 2.66. The number of nitrogens with one attached hydrogen (secondary N) is 3. The Labute approximate surface area is 209 Å². The van der Waals surface area contributed by atoms with Crippen molar-refractivity contribution in [2.45, 2.75) is 76.4 Å². The second-order valence-corrected chi connectivity index (χ2v) is 10.8. The van der Waals surface area contributed by atoms with E-state index in [9.17, 15) is 45.9 Å². The van der Waals surface area contributed by atoms with Crippen molar-refractivity contribution in [3.05, 3.63) is 0 Å². The summed E-state index contributed by atoms with van der Waals surface area (Å²) >= 11 is 0. The average Bonchev–Trinajstić information content (AvgIpc) is 3.06. The number of ketones is 1. The van der Waals surface area contributed by atoms with Crippen LogP contribution in [0.4, 0.5) is 22.0 Å². The van der Waals surface area contributed by atoms with E-state index in [4.69, 9.17) is 0 Å². The molecule has 208 valence electrons. The summed E-state index contributed by atoms with van der Waals surface area (Å²) in [5.74, 6) is -9.08. The lowest BCUT2D eigenvalue weighted by Gasteiger charge is -2.28. The summed E-state index contributed by atoms with van der Waals surface area (Å²) in [6, 6.07) is -3.21. The van der Waals surface area contributed by atoms with E-state index in [-0.39, 0.29) is 19.4 Å². The van der Waals surface area contributed by atoms with Crippen molar-refractivity contribution in [1.29, 1.82) is 0 Å². The smallest absolute Gasteiger partial charge is 0.356 e. The summed E-state index contributed by atoms with van der Waals surface area (Å²) < 4.78 is 69.3. The van der Waals surface area contributed by atoms with Gasteiger partial charge in [0.15, 0.2) is 5.78 Å². The van der Waals surface area contributed by atoms with Crippen LogP contribution in [0.1, 0.15) is 46.5 Å². The SMILES string of the molecule is CC(C)(C)NC(=O)C(=O)N1C[C@@]2(CC1C(=O)N[C@@H](C[C@@H]1CCNC1=O)C(=O)COC(F)(F)F)CC2(F)F. The minimum absolute atomic E-state index is 0.259. The van der Waals surface area contributed by atoms with Crippen LogP contribution >= 0.6 is 0 Å². The maximum absolute atomic E-state index is 14.2. The molecule has 3 N–H and O–H groups in total. The number of Topliss-reactive ketones (excluding diaryl/α,β-unsaturated/α-hetero) is 1. The van der Waals surface area contributed by atoms with E-state index < -0.39 is 96.6 Å². The molecule has 3 aliphatic rings. The second-order valence-electron chi connectivity index (χ2n) is 10.8. The van der Waals surface area contributed by atoms with Crippen LogP contribution in [0.25, 0.3) is 0 Å². The lowest BCUT2D eigenvalue weighted by atomic mass is 9.95. The molecule has 0 radical (unpaired) electrons. The highest BCUT2D eigenvalue weighted by molar-refractivity contribution is 6.35. The zero-order valence-electron chi connectivity index (χ0n) is 20.5. The van der Waals surface area contributed by atoms with Crippen LogP contribution in [0.2, 0.25) is 0 Å². The molecule has 10 nitrogen and oxygen atoms in total. The van der Waals surface area contributed by atoms with Crippen LogP contribution in [0.5, 0.6) is 0 Å². The minimum atomic E-state index is -5.13. The first-order valence-electron chi connectivity index (χ1n) is 11.7. The van der Waals surface area contributed by atoms with Crippen LogP contribution in [-0.2, 0) is 28.7 Å². The number of hydrogen-bond acceptors (Lipinski definition) is 6. The van der Waals surface area contributed by atoms with Gasteiger partial charge in [0.2, 0.25) is 11.8 Å². The molecule has 15 heteroatoms. The van der Waals surface area contributed by atoms with Gasteiger partial charge in [-0.2, -0.15) is 0 Å². The van der Waals surface area contributed by atoms with E-state index in [1.807, 2.05) is 0 Å². The number of hydrogen-bond donors (Lipinski definition) is 3. The van der Waals surface area contributed by atoms with Crippen molar-refractivity contribution < 1.29 is 50.7 Å². The van der Waals surface area contributed by atoms with Gasteiger partial charge in [0.25, 0.3) is 5.92 Å². The molecule has 0 aromatic heterocycles. The molecule has 4 amide bonds. The van der Waals surface area contributed by atoms with Crippen molar-refractivity contribution in [3.8, 4) is 0 Å². The van der Waals surface area contributed by atoms with Crippen LogP contribution in [0, 0.1) is 11.3 Å². The summed E-state index contributed by atoms with van der Waals surface area (Å²) in [6.07, 6.45) is -6.35. The molecule has 0 aromatic carbocycles. The predicted molar refractivity (Wildman–Crippen MR) is 115 cm³/mol. The van der Waals surface area contributed by atoms with Crippen molar-refractivity contribution in [3.63, 3.8) is 0 Å². The molecular formula is C22H29F5N4O6. The fourth-order valence-corrected chi connectivity index (χ4v) is 4.67. The molecule has 1 aliphatic carbocycles. The Kier molecular flexibility index (Phi) is 7.61. The summed E-state index contributed by atoms with van der Waals surface area (Å²) in [4.78, 5) is 63.6. The molecule has 1 unspecified atom stereocenters. The van der Waals surface area contributed by atoms with Crippen molar-refractivity contribution in [1.82, 2.24) is 20.9 Å². The molecule has 1 spiro atoms. The largest absolute Gasteiger partial charge is 0.522 e. The first-order valence-corrected chi connectivity index (χ1v) is 11.7. The van der Waals surface area contributed by atoms with Crippen molar-refractivity contribution >= 4 is 29.4 Å². The first-order chi connectivity index (χ1) is 16.8. The second kappa shape index (κ2) is 9.80. The van der Waals surface area contributed by atoms with Gasteiger partial charge in [-0.15, -0.1) is 13.2 Å². The lowest BCUT2D eigenvalue weighted by Crippen LogP contribution is -2.55. The number of carbonyl (C=O) groups is 5. The maximum Gasteiger partial charge on any atom is 0.522 e. The third-order valence-corrected chi connectivity index (χ3v) is 6.66. The number of likely N-dealkylation sites (tertiary alicyclic amines) is 1. The number of nitrogens with zero attached hydrogens (tertiary/aromatic N) is 1. The molecule has 0 aromatic rings. The third kappa shape index (κ3) is 6.73. The first kappa shape index (κ1) is 28.7. The van der Waals surface area contributed by atoms with E-state index in [1.165, 1.54) is 0 Å². The molecule has 2 heterocycles. The monoisotopic (exact) mass is 540 g/mol. The van der Waals surface area contributed by atoms with Gasteiger partial charge in [0.05, 0.1) is 11.5 Å². The van der Waals surface area contributed by atoms with Gasteiger partial charge in [0.1, 0.15) is 12.6 Å². The number of carbonyl (C=O) groups excluding carboxylic acids is 5. The Morgan fingerprint density at radius 2 is 1.81 bits per heavy atom. The Bertz CT molecular complexity index is 982. The molecule has 3 fully saturated rings.